The number of halogens is 2. The molecule has 1 amide bonds. The van der Waals surface area contributed by atoms with Crippen LogP contribution in [0.15, 0.2) is 18.2 Å². The van der Waals surface area contributed by atoms with Gasteiger partial charge in [0.25, 0.3) is 0 Å². The Bertz CT molecular complexity index is 439. The Hall–Kier alpha value is -1.53. The van der Waals surface area contributed by atoms with Gasteiger partial charge in [0.05, 0.1) is 25.2 Å². The molecule has 1 aromatic carbocycles. The third-order valence-electron chi connectivity index (χ3n) is 3.04. The summed E-state index contributed by atoms with van der Waals surface area (Å²) in [6.07, 6.45) is 0.197. The van der Waals surface area contributed by atoms with Gasteiger partial charge in [0.15, 0.2) is 11.6 Å². The van der Waals surface area contributed by atoms with Crippen molar-refractivity contribution in [2.75, 3.05) is 13.2 Å². The lowest BCUT2D eigenvalue weighted by molar-refractivity contribution is -0.123. The maximum atomic E-state index is 13.0. The number of carbonyl (C=O) groups excluding carboxylic acids is 1. The molecule has 0 bridgehead atoms. The van der Waals surface area contributed by atoms with E-state index in [1.54, 1.807) is 6.92 Å². The van der Waals surface area contributed by atoms with Gasteiger partial charge in [-0.1, -0.05) is 13.0 Å². The molecule has 4 nitrogen and oxygen atoms in total. The van der Waals surface area contributed by atoms with Gasteiger partial charge in [-0.15, -0.1) is 0 Å². The summed E-state index contributed by atoms with van der Waals surface area (Å²) in [5, 5.41) is 20.9. The minimum absolute atomic E-state index is 0.154. The van der Waals surface area contributed by atoms with Gasteiger partial charge in [-0.2, -0.15) is 0 Å². The topological polar surface area (TPSA) is 69.6 Å². The smallest absolute Gasteiger partial charge is 0.225 e. The van der Waals surface area contributed by atoms with Crippen LogP contribution in [0.3, 0.4) is 0 Å². The highest BCUT2D eigenvalue weighted by atomic mass is 19.2. The SMILES string of the molecule is CCC(CO)(CO)NC(=O)Cc1ccc(F)c(F)c1. The fourth-order valence-corrected chi connectivity index (χ4v) is 1.62. The van der Waals surface area contributed by atoms with Gasteiger partial charge < -0.3 is 15.5 Å². The van der Waals surface area contributed by atoms with E-state index < -0.39 is 36.3 Å². The first kappa shape index (κ1) is 15.5. The first-order chi connectivity index (χ1) is 8.96. The number of aliphatic hydroxyl groups excluding tert-OH is 2. The normalized spacial score (nSPS) is 11.4. The van der Waals surface area contributed by atoms with Crippen molar-refractivity contribution in [1.82, 2.24) is 5.32 Å². The summed E-state index contributed by atoms with van der Waals surface area (Å²) in [5.41, 5.74) is -0.771. The number of carbonyl (C=O) groups is 1. The van der Waals surface area contributed by atoms with Crippen LogP contribution in [0.5, 0.6) is 0 Å². The lowest BCUT2D eigenvalue weighted by Crippen LogP contribution is -2.54. The maximum Gasteiger partial charge on any atom is 0.225 e. The maximum absolute atomic E-state index is 13.0. The molecule has 0 saturated heterocycles. The average Bonchev–Trinajstić information content (AvgIpc) is 2.40. The van der Waals surface area contributed by atoms with Crippen LogP contribution >= 0.6 is 0 Å². The minimum atomic E-state index is -1.09. The fourth-order valence-electron chi connectivity index (χ4n) is 1.62. The molecule has 0 saturated carbocycles. The summed E-state index contributed by atoms with van der Waals surface area (Å²) >= 11 is 0. The first-order valence-electron chi connectivity index (χ1n) is 5.93. The second-order valence-corrected chi connectivity index (χ2v) is 4.42. The molecule has 0 radical (unpaired) electrons. The molecule has 0 aromatic heterocycles. The molecule has 0 spiro atoms. The Morgan fingerprint density at radius 2 is 1.89 bits per heavy atom. The summed E-state index contributed by atoms with van der Waals surface area (Å²) < 4.78 is 25.7. The molecule has 0 heterocycles. The molecule has 3 N–H and O–H groups in total. The van der Waals surface area contributed by atoms with Crippen LogP contribution in [0.4, 0.5) is 8.78 Å². The number of rotatable bonds is 6. The second kappa shape index (κ2) is 6.58. The quantitative estimate of drug-likeness (QED) is 0.716. The summed E-state index contributed by atoms with van der Waals surface area (Å²) in [6, 6.07) is 3.20. The minimum Gasteiger partial charge on any atom is -0.394 e. The third kappa shape index (κ3) is 3.97. The van der Waals surface area contributed by atoms with Crippen molar-refractivity contribution in [1.29, 1.82) is 0 Å². The Labute approximate surface area is 110 Å². The summed E-state index contributed by atoms with van der Waals surface area (Å²) in [4.78, 5) is 11.8. The number of hydrogen-bond donors (Lipinski definition) is 3. The number of aliphatic hydroxyl groups is 2. The van der Waals surface area contributed by atoms with E-state index >= 15 is 0 Å². The second-order valence-electron chi connectivity index (χ2n) is 4.42. The van der Waals surface area contributed by atoms with E-state index in [1.807, 2.05) is 0 Å². The molecule has 0 aliphatic rings. The molecule has 1 rings (SSSR count). The lowest BCUT2D eigenvalue weighted by atomic mass is 9.98. The molecule has 19 heavy (non-hydrogen) atoms. The van der Waals surface area contributed by atoms with Crippen molar-refractivity contribution >= 4 is 5.91 Å². The molecule has 106 valence electrons. The number of benzene rings is 1. The summed E-state index contributed by atoms with van der Waals surface area (Å²) in [7, 11) is 0. The predicted octanol–water partition coefficient (Wildman–Crippen LogP) is 0.757. The lowest BCUT2D eigenvalue weighted by Gasteiger charge is -2.29. The molecule has 1 aromatic rings. The number of nitrogens with one attached hydrogen (secondary N) is 1. The van der Waals surface area contributed by atoms with Gasteiger partial charge in [0, 0.05) is 0 Å². The van der Waals surface area contributed by atoms with Crippen LogP contribution in [-0.2, 0) is 11.2 Å². The fraction of sp³-hybridized carbons (Fsp3) is 0.462. The zero-order chi connectivity index (χ0) is 14.5. The molecule has 6 heteroatoms. The Balaban J connectivity index is 2.71. The van der Waals surface area contributed by atoms with E-state index in [0.717, 1.165) is 12.1 Å². The average molecular weight is 273 g/mol. The van der Waals surface area contributed by atoms with Gasteiger partial charge in [0.2, 0.25) is 5.91 Å². The van der Waals surface area contributed by atoms with Crippen LogP contribution in [0, 0.1) is 11.6 Å². The van der Waals surface area contributed by atoms with E-state index in [4.69, 9.17) is 0 Å². The van der Waals surface area contributed by atoms with E-state index in [2.05, 4.69) is 5.32 Å². The molecular weight excluding hydrogens is 256 g/mol. The van der Waals surface area contributed by atoms with E-state index in [0.29, 0.717) is 12.0 Å². The van der Waals surface area contributed by atoms with Crippen molar-refractivity contribution in [3.05, 3.63) is 35.4 Å². The van der Waals surface area contributed by atoms with Crippen molar-refractivity contribution < 1.29 is 23.8 Å². The largest absolute Gasteiger partial charge is 0.394 e. The van der Waals surface area contributed by atoms with Crippen LogP contribution in [0.1, 0.15) is 18.9 Å². The van der Waals surface area contributed by atoms with E-state index in [1.165, 1.54) is 6.07 Å². The van der Waals surface area contributed by atoms with Crippen LogP contribution in [0.25, 0.3) is 0 Å². The molecule has 0 aliphatic heterocycles. The zero-order valence-electron chi connectivity index (χ0n) is 10.6. The van der Waals surface area contributed by atoms with Crippen LogP contribution < -0.4 is 5.32 Å². The van der Waals surface area contributed by atoms with Gasteiger partial charge in [0.1, 0.15) is 0 Å². The molecule has 0 fully saturated rings. The number of amides is 1. The summed E-state index contributed by atoms with van der Waals surface area (Å²) in [5.74, 6) is -2.47. The predicted molar refractivity (Wildman–Crippen MR) is 65.4 cm³/mol. The van der Waals surface area contributed by atoms with Crippen molar-refractivity contribution in [2.45, 2.75) is 25.3 Å². The monoisotopic (exact) mass is 273 g/mol. The van der Waals surface area contributed by atoms with E-state index in [9.17, 15) is 23.8 Å². The Morgan fingerprint density at radius 1 is 1.26 bits per heavy atom. The third-order valence-corrected chi connectivity index (χ3v) is 3.04. The van der Waals surface area contributed by atoms with Crippen molar-refractivity contribution in [2.24, 2.45) is 0 Å². The molecule has 0 unspecified atom stereocenters. The zero-order valence-corrected chi connectivity index (χ0v) is 10.6. The van der Waals surface area contributed by atoms with E-state index in [-0.39, 0.29) is 6.42 Å². The van der Waals surface area contributed by atoms with Crippen LogP contribution in [0.2, 0.25) is 0 Å². The molecule has 0 aliphatic carbocycles. The Kier molecular flexibility index (Phi) is 5.38. The van der Waals surface area contributed by atoms with Gasteiger partial charge in [-0.3, -0.25) is 4.79 Å². The highest BCUT2D eigenvalue weighted by Gasteiger charge is 2.28. The first-order valence-corrected chi connectivity index (χ1v) is 5.93. The standard InChI is InChI=1S/C13H17F2NO3/c1-2-13(7-17,8-18)16-12(19)6-9-3-4-10(14)11(15)5-9/h3-5,17-18H,2,6-8H2,1H3,(H,16,19). The highest BCUT2D eigenvalue weighted by molar-refractivity contribution is 5.79. The van der Waals surface area contributed by atoms with Crippen molar-refractivity contribution in [3.63, 3.8) is 0 Å². The number of hydrogen-bond acceptors (Lipinski definition) is 3. The Morgan fingerprint density at radius 3 is 2.37 bits per heavy atom. The molecular formula is C13H17F2NO3. The van der Waals surface area contributed by atoms with Crippen LogP contribution in [-0.4, -0.2) is 34.9 Å². The van der Waals surface area contributed by atoms with Gasteiger partial charge >= 0.3 is 0 Å². The van der Waals surface area contributed by atoms with Gasteiger partial charge in [-0.25, -0.2) is 8.78 Å². The molecule has 0 atom stereocenters. The highest BCUT2D eigenvalue weighted by Crippen LogP contribution is 2.11. The summed E-state index contributed by atoms with van der Waals surface area (Å²) in [6.45, 7) is 0.914. The van der Waals surface area contributed by atoms with Crippen molar-refractivity contribution in [3.8, 4) is 0 Å². The van der Waals surface area contributed by atoms with Gasteiger partial charge in [-0.05, 0) is 24.1 Å².